The second-order valence-corrected chi connectivity index (χ2v) is 7.77. The molecule has 2 rings (SSSR count). The molecule has 154 valence electrons. The summed E-state index contributed by atoms with van der Waals surface area (Å²) in [5, 5.41) is 39.4. The van der Waals surface area contributed by atoms with Crippen molar-refractivity contribution in [2.24, 2.45) is 11.8 Å². The van der Waals surface area contributed by atoms with E-state index in [1.165, 1.54) is 0 Å². The molecular weight excluding hydrogens is 356 g/mol. The monoisotopic (exact) mass is 388 g/mol. The van der Waals surface area contributed by atoms with Crippen LogP contribution in [-0.2, 0) is 4.79 Å². The van der Waals surface area contributed by atoms with Crippen molar-refractivity contribution in [3.63, 3.8) is 0 Å². The van der Waals surface area contributed by atoms with E-state index in [1.54, 1.807) is 0 Å². The maximum atomic E-state index is 10.5. The molecule has 0 aromatic heterocycles. The van der Waals surface area contributed by atoms with Crippen LogP contribution in [0.4, 0.5) is 0 Å². The fourth-order valence-corrected chi connectivity index (χ4v) is 4.10. The van der Waals surface area contributed by atoms with Crippen LogP contribution in [0.15, 0.2) is 30.3 Å². The zero-order chi connectivity index (χ0) is 20.4. The van der Waals surface area contributed by atoms with Crippen LogP contribution in [0, 0.1) is 23.7 Å². The fraction of sp³-hybridized carbons (Fsp3) is 0.609. The van der Waals surface area contributed by atoms with Gasteiger partial charge in [0, 0.05) is 12.0 Å². The molecule has 1 saturated carbocycles. The van der Waals surface area contributed by atoms with E-state index >= 15 is 0 Å². The summed E-state index contributed by atoms with van der Waals surface area (Å²) in [7, 11) is 0. The van der Waals surface area contributed by atoms with Crippen molar-refractivity contribution in [1.82, 2.24) is 0 Å². The molecule has 28 heavy (non-hydrogen) atoms. The molecule has 1 aromatic carbocycles. The first-order chi connectivity index (χ1) is 13.5. The highest BCUT2D eigenvalue weighted by atomic mass is 16.4. The van der Waals surface area contributed by atoms with Crippen molar-refractivity contribution >= 4 is 5.97 Å². The Bertz CT molecular complexity index is 648. The van der Waals surface area contributed by atoms with Crippen molar-refractivity contribution in [2.75, 3.05) is 0 Å². The van der Waals surface area contributed by atoms with E-state index in [-0.39, 0.29) is 18.3 Å². The van der Waals surface area contributed by atoms with Crippen molar-refractivity contribution in [3.8, 4) is 11.8 Å². The Morgan fingerprint density at radius 1 is 1.00 bits per heavy atom. The maximum Gasteiger partial charge on any atom is 0.303 e. The van der Waals surface area contributed by atoms with Crippen LogP contribution in [-0.4, -0.2) is 44.7 Å². The molecule has 0 spiro atoms. The summed E-state index contributed by atoms with van der Waals surface area (Å²) in [6, 6.07) is 9.51. The molecule has 1 aromatic rings. The molecule has 5 nitrogen and oxygen atoms in total. The van der Waals surface area contributed by atoms with E-state index in [0.29, 0.717) is 25.7 Å². The van der Waals surface area contributed by atoms with E-state index in [2.05, 4.69) is 11.8 Å². The number of carbonyl (C=O) groups is 1. The molecule has 1 fully saturated rings. The van der Waals surface area contributed by atoms with E-state index in [1.807, 2.05) is 30.3 Å². The smallest absolute Gasteiger partial charge is 0.303 e. The average molecular weight is 389 g/mol. The summed E-state index contributed by atoms with van der Waals surface area (Å²) >= 11 is 0. The van der Waals surface area contributed by atoms with E-state index in [9.17, 15) is 20.1 Å². The van der Waals surface area contributed by atoms with Crippen LogP contribution in [0.1, 0.15) is 63.4 Å². The van der Waals surface area contributed by atoms with Gasteiger partial charge >= 0.3 is 5.97 Å². The number of unbranched alkanes of at least 4 members (excludes halogenated alkanes) is 3. The van der Waals surface area contributed by atoms with Gasteiger partial charge < -0.3 is 20.4 Å². The van der Waals surface area contributed by atoms with Gasteiger partial charge in [0.15, 0.2) is 0 Å². The zero-order valence-electron chi connectivity index (χ0n) is 16.3. The summed E-state index contributed by atoms with van der Waals surface area (Å²) < 4.78 is 0. The number of aliphatic carboxylic acids is 1. The van der Waals surface area contributed by atoms with Gasteiger partial charge in [0.2, 0.25) is 0 Å². The van der Waals surface area contributed by atoms with Gasteiger partial charge in [-0.2, -0.15) is 0 Å². The lowest BCUT2D eigenvalue weighted by atomic mass is 9.85. The third kappa shape index (κ3) is 7.63. The number of aliphatic hydroxyl groups excluding tert-OH is 3. The maximum absolute atomic E-state index is 10.5. The molecule has 1 unspecified atom stereocenters. The lowest BCUT2D eigenvalue weighted by Crippen LogP contribution is -2.23. The molecule has 1 aliphatic carbocycles. The van der Waals surface area contributed by atoms with Gasteiger partial charge in [0.05, 0.1) is 12.2 Å². The Morgan fingerprint density at radius 3 is 2.32 bits per heavy atom. The number of hydrogen-bond acceptors (Lipinski definition) is 4. The van der Waals surface area contributed by atoms with Crippen LogP contribution in [0.3, 0.4) is 0 Å². The Hall–Kier alpha value is -1.87. The molecule has 0 bridgehead atoms. The summed E-state index contributed by atoms with van der Waals surface area (Å²) in [4.78, 5) is 10.5. The average Bonchev–Trinajstić information content (AvgIpc) is 2.94. The van der Waals surface area contributed by atoms with Gasteiger partial charge in [-0.3, -0.25) is 4.79 Å². The van der Waals surface area contributed by atoms with Crippen molar-refractivity contribution in [1.29, 1.82) is 0 Å². The number of carboxylic acid groups (broad SMARTS) is 1. The minimum atomic E-state index is -0.761. The van der Waals surface area contributed by atoms with Gasteiger partial charge in [0.1, 0.15) is 6.10 Å². The molecule has 0 saturated heterocycles. The van der Waals surface area contributed by atoms with Gasteiger partial charge in [-0.1, -0.05) is 49.3 Å². The number of hydrogen-bond donors (Lipinski definition) is 4. The van der Waals surface area contributed by atoms with Crippen molar-refractivity contribution in [3.05, 3.63) is 35.9 Å². The highest BCUT2D eigenvalue weighted by Crippen LogP contribution is 2.39. The minimum absolute atomic E-state index is 0.0257. The summed E-state index contributed by atoms with van der Waals surface area (Å²) in [6.07, 6.45) is 4.13. The van der Waals surface area contributed by atoms with Crippen LogP contribution >= 0.6 is 0 Å². The zero-order valence-corrected chi connectivity index (χ0v) is 16.3. The van der Waals surface area contributed by atoms with Crippen molar-refractivity contribution in [2.45, 2.75) is 76.1 Å². The Balaban J connectivity index is 1.76. The quantitative estimate of drug-likeness (QED) is 0.365. The first kappa shape index (κ1) is 22.4. The lowest BCUT2D eigenvalue weighted by Gasteiger charge is -2.24. The normalized spacial score (nSPS) is 25.1. The molecule has 5 atom stereocenters. The van der Waals surface area contributed by atoms with Crippen LogP contribution in [0.5, 0.6) is 0 Å². The van der Waals surface area contributed by atoms with E-state index in [0.717, 1.165) is 31.2 Å². The predicted octanol–water partition coefficient (Wildman–Crippen LogP) is 2.96. The first-order valence-electron chi connectivity index (χ1n) is 10.3. The highest BCUT2D eigenvalue weighted by molar-refractivity contribution is 5.66. The Morgan fingerprint density at radius 2 is 1.64 bits per heavy atom. The predicted molar refractivity (Wildman–Crippen MR) is 108 cm³/mol. The van der Waals surface area contributed by atoms with Gasteiger partial charge in [-0.05, 0) is 56.1 Å². The van der Waals surface area contributed by atoms with E-state index < -0.39 is 24.3 Å². The molecule has 0 radical (unpaired) electrons. The Labute approximate surface area is 167 Å². The number of benzene rings is 1. The largest absolute Gasteiger partial charge is 0.481 e. The molecule has 0 aliphatic heterocycles. The minimum Gasteiger partial charge on any atom is -0.481 e. The molecule has 1 aliphatic rings. The number of aliphatic hydroxyl groups is 3. The summed E-state index contributed by atoms with van der Waals surface area (Å²) in [5.41, 5.74) is 0.860. The van der Waals surface area contributed by atoms with Gasteiger partial charge in [-0.25, -0.2) is 0 Å². The van der Waals surface area contributed by atoms with Crippen LogP contribution < -0.4 is 0 Å². The second kappa shape index (κ2) is 11.9. The van der Waals surface area contributed by atoms with E-state index in [4.69, 9.17) is 5.11 Å². The SMILES string of the molecule is O=C(O)CCCCCCC1[C@@H](CC[C@@H](O)C#Cc2ccccc2)[C@H](O)C[C@@H]1O. The topological polar surface area (TPSA) is 98.0 Å². The fourth-order valence-electron chi connectivity index (χ4n) is 4.10. The second-order valence-electron chi connectivity index (χ2n) is 7.77. The summed E-state index contributed by atoms with van der Waals surface area (Å²) in [5.74, 6) is 5.06. The Kier molecular flexibility index (Phi) is 9.49. The highest BCUT2D eigenvalue weighted by Gasteiger charge is 2.40. The van der Waals surface area contributed by atoms with Crippen molar-refractivity contribution < 1.29 is 25.2 Å². The summed E-state index contributed by atoms with van der Waals surface area (Å²) in [6.45, 7) is 0. The third-order valence-electron chi connectivity index (χ3n) is 5.63. The van der Waals surface area contributed by atoms with Gasteiger partial charge in [0.25, 0.3) is 0 Å². The number of rotatable bonds is 10. The molecule has 0 heterocycles. The van der Waals surface area contributed by atoms with Crippen LogP contribution in [0.25, 0.3) is 0 Å². The van der Waals surface area contributed by atoms with Gasteiger partial charge in [-0.15, -0.1) is 0 Å². The molecular formula is C23H32O5. The third-order valence-corrected chi connectivity index (χ3v) is 5.63. The number of carboxylic acids is 1. The van der Waals surface area contributed by atoms with Crippen LogP contribution in [0.2, 0.25) is 0 Å². The standard InChI is InChI=1S/C23H32O5/c24-18(13-12-17-8-4-3-5-9-17)14-15-20-19(21(25)16-22(20)26)10-6-1-2-7-11-23(27)28/h3-5,8-9,18-22,24-26H,1-2,6-7,10-11,14-16H2,(H,27,28)/t18-,19?,20+,21-,22+/m0/s1. The molecule has 0 amide bonds. The molecule has 4 N–H and O–H groups in total. The first-order valence-corrected chi connectivity index (χ1v) is 10.3. The lowest BCUT2D eigenvalue weighted by molar-refractivity contribution is -0.137. The molecule has 5 heteroatoms.